The Hall–Kier alpha value is -0.870. The fraction of sp³-hybridized carbons (Fsp3) is 0.588. The van der Waals surface area contributed by atoms with E-state index in [0.717, 1.165) is 29.7 Å². The summed E-state index contributed by atoms with van der Waals surface area (Å²) in [6.07, 6.45) is 5.51. The molecular weight excluding hydrogens is 330 g/mol. The maximum Gasteiger partial charge on any atom is 0.131 e. The minimum atomic E-state index is 0.289. The van der Waals surface area contributed by atoms with Crippen LogP contribution < -0.4 is 4.74 Å². The van der Waals surface area contributed by atoms with Crippen molar-refractivity contribution >= 4 is 21.7 Å². The van der Waals surface area contributed by atoms with Crippen LogP contribution in [-0.2, 0) is 11.3 Å². The Morgan fingerprint density at radius 2 is 2.19 bits per heavy atom. The predicted molar refractivity (Wildman–Crippen MR) is 88.7 cm³/mol. The van der Waals surface area contributed by atoms with Crippen LogP contribution in [-0.4, -0.2) is 30.4 Å². The maximum atomic E-state index is 11.5. The molecule has 0 spiro atoms. The van der Waals surface area contributed by atoms with Gasteiger partial charge in [-0.05, 0) is 50.1 Å². The van der Waals surface area contributed by atoms with Crippen LogP contribution in [0.3, 0.4) is 0 Å². The standard InChI is InChI=1S/C17H24BrNO2/c1-13(20)10-15-6-4-3-5-9-19(15)12-14-11-16(21-2)7-8-17(14)18/h7-8,11,15H,3-6,9-10,12H2,1-2H3. The van der Waals surface area contributed by atoms with Crippen LogP contribution in [0.5, 0.6) is 5.75 Å². The third-order valence-corrected chi connectivity index (χ3v) is 4.92. The highest BCUT2D eigenvalue weighted by molar-refractivity contribution is 9.10. The molecule has 116 valence electrons. The predicted octanol–water partition coefficient (Wildman–Crippen LogP) is 4.18. The van der Waals surface area contributed by atoms with Crippen molar-refractivity contribution in [2.24, 2.45) is 0 Å². The van der Waals surface area contributed by atoms with Crippen LogP contribution in [0.1, 0.15) is 44.6 Å². The second-order valence-corrected chi connectivity index (χ2v) is 6.69. The molecular formula is C17H24BrNO2. The summed E-state index contributed by atoms with van der Waals surface area (Å²) in [6.45, 7) is 3.64. The molecule has 21 heavy (non-hydrogen) atoms. The average molecular weight is 354 g/mol. The Bertz CT molecular complexity index is 490. The number of halogens is 1. The van der Waals surface area contributed by atoms with E-state index >= 15 is 0 Å². The van der Waals surface area contributed by atoms with Gasteiger partial charge in [-0.25, -0.2) is 0 Å². The number of nitrogens with zero attached hydrogens (tertiary/aromatic N) is 1. The molecule has 1 fully saturated rings. The van der Waals surface area contributed by atoms with Crippen LogP contribution in [0.15, 0.2) is 22.7 Å². The van der Waals surface area contributed by atoms with Crippen LogP contribution in [0.25, 0.3) is 0 Å². The number of hydrogen-bond donors (Lipinski definition) is 0. The fourth-order valence-electron chi connectivity index (χ4n) is 3.03. The lowest BCUT2D eigenvalue weighted by molar-refractivity contribution is -0.118. The van der Waals surface area contributed by atoms with Gasteiger partial charge in [0.05, 0.1) is 7.11 Å². The third kappa shape index (κ3) is 4.82. The Labute approximate surface area is 135 Å². The Morgan fingerprint density at radius 3 is 2.90 bits per heavy atom. The zero-order chi connectivity index (χ0) is 15.2. The van der Waals surface area contributed by atoms with Crippen molar-refractivity contribution in [3.8, 4) is 5.75 Å². The SMILES string of the molecule is COc1ccc(Br)c(CN2CCCCCC2CC(C)=O)c1. The maximum absolute atomic E-state index is 11.5. The van der Waals surface area contributed by atoms with Crippen LogP contribution in [0, 0.1) is 0 Å². The number of methoxy groups -OCH3 is 1. The van der Waals surface area contributed by atoms with Gasteiger partial charge in [0, 0.05) is 23.5 Å². The lowest BCUT2D eigenvalue weighted by Crippen LogP contribution is -2.35. The molecule has 1 aromatic carbocycles. The highest BCUT2D eigenvalue weighted by atomic mass is 79.9. The molecule has 4 heteroatoms. The monoisotopic (exact) mass is 353 g/mol. The van der Waals surface area contributed by atoms with E-state index in [1.807, 2.05) is 12.1 Å². The molecule has 0 N–H and O–H groups in total. The molecule has 1 heterocycles. The van der Waals surface area contributed by atoms with Gasteiger partial charge in [-0.2, -0.15) is 0 Å². The Morgan fingerprint density at radius 1 is 1.38 bits per heavy atom. The molecule has 0 aromatic heterocycles. The number of ether oxygens (including phenoxy) is 1. The van der Waals surface area contributed by atoms with Gasteiger partial charge in [-0.1, -0.05) is 28.8 Å². The average Bonchev–Trinajstić information content (AvgIpc) is 2.66. The normalized spacial score (nSPS) is 20.0. The summed E-state index contributed by atoms with van der Waals surface area (Å²) in [5.41, 5.74) is 1.23. The summed E-state index contributed by atoms with van der Waals surface area (Å²) in [5, 5.41) is 0. The first-order valence-electron chi connectivity index (χ1n) is 7.66. The van der Waals surface area contributed by atoms with E-state index in [2.05, 4.69) is 26.9 Å². The number of ketones is 1. The molecule has 1 aromatic rings. The fourth-order valence-corrected chi connectivity index (χ4v) is 3.40. The van der Waals surface area contributed by atoms with Gasteiger partial charge < -0.3 is 4.74 Å². The molecule has 1 aliphatic heterocycles. The highest BCUT2D eigenvalue weighted by Gasteiger charge is 2.23. The minimum Gasteiger partial charge on any atom is -0.497 e. The number of likely N-dealkylation sites (tertiary alicyclic amines) is 1. The van der Waals surface area contributed by atoms with Gasteiger partial charge in [-0.15, -0.1) is 0 Å². The molecule has 0 amide bonds. The first kappa shape index (κ1) is 16.5. The number of benzene rings is 1. The van der Waals surface area contributed by atoms with Crippen molar-refractivity contribution in [1.29, 1.82) is 0 Å². The largest absolute Gasteiger partial charge is 0.497 e. The number of Topliss-reactive ketones (excluding diaryl/α,β-unsaturated/α-hetero) is 1. The second-order valence-electron chi connectivity index (χ2n) is 5.84. The smallest absolute Gasteiger partial charge is 0.131 e. The van der Waals surface area contributed by atoms with Crippen LogP contribution in [0.4, 0.5) is 0 Å². The summed E-state index contributed by atoms with van der Waals surface area (Å²) in [6, 6.07) is 6.46. The van der Waals surface area contributed by atoms with E-state index in [9.17, 15) is 4.79 Å². The molecule has 1 saturated heterocycles. The zero-order valence-corrected chi connectivity index (χ0v) is 14.5. The molecule has 0 aliphatic carbocycles. The van der Waals surface area contributed by atoms with Gasteiger partial charge >= 0.3 is 0 Å². The van der Waals surface area contributed by atoms with Crippen molar-refractivity contribution in [3.05, 3.63) is 28.2 Å². The molecule has 1 atom stereocenters. The van der Waals surface area contributed by atoms with E-state index in [1.54, 1.807) is 14.0 Å². The molecule has 1 unspecified atom stereocenters. The number of rotatable bonds is 5. The van der Waals surface area contributed by atoms with Gasteiger partial charge in [0.1, 0.15) is 11.5 Å². The van der Waals surface area contributed by atoms with Crippen molar-refractivity contribution < 1.29 is 9.53 Å². The Balaban J connectivity index is 2.15. The number of hydrogen-bond acceptors (Lipinski definition) is 3. The first-order chi connectivity index (χ1) is 10.1. The van der Waals surface area contributed by atoms with E-state index in [-0.39, 0.29) is 5.78 Å². The molecule has 0 saturated carbocycles. The summed E-state index contributed by atoms with van der Waals surface area (Å²) < 4.78 is 6.43. The minimum absolute atomic E-state index is 0.289. The molecule has 2 rings (SSSR count). The third-order valence-electron chi connectivity index (χ3n) is 4.15. The summed E-state index contributed by atoms with van der Waals surface area (Å²) in [5.74, 6) is 1.17. The second kappa shape index (κ2) is 7.95. The Kier molecular flexibility index (Phi) is 6.24. The summed E-state index contributed by atoms with van der Waals surface area (Å²) in [7, 11) is 1.69. The zero-order valence-electron chi connectivity index (χ0n) is 12.9. The molecule has 0 radical (unpaired) electrons. The number of carbonyl (C=O) groups is 1. The van der Waals surface area contributed by atoms with Crippen molar-refractivity contribution in [1.82, 2.24) is 4.90 Å². The quantitative estimate of drug-likeness (QED) is 0.794. The van der Waals surface area contributed by atoms with Crippen molar-refractivity contribution in [3.63, 3.8) is 0 Å². The lowest BCUT2D eigenvalue weighted by Gasteiger charge is -2.29. The summed E-state index contributed by atoms with van der Waals surface area (Å²) >= 11 is 3.63. The molecule has 1 aliphatic rings. The van der Waals surface area contributed by atoms with E-state index in [0.29, 0.717) is 12.5 Å². The van der Waals surface area contributed by atoms with Gasteiger partial charge in [0.2, 0.25) is 0 Å². The number of carbonyl (C=O) groups excluding carboxylic acids is 1. The topological polar surface area (TPSA) is 29.5 Å². The van der Waals surface area contributed by atoms with E-state index < -0.39 is 0 Å². The van der Waals surface area contributed by atoms with Crippen LogP contribution >= 0.6 is 15.9 Å². The van der Waals surface area contributed by atoms with Gasteiger partial charge in [0.25, 0.3) is 0 Å². The van der Waals surface area contributed by atoms with Gasteiger partial charge in [0.15, 0.2) is 0 Å². The summed E-state index contributed by atoms with van der Waals surface area (Å²) in [4.78, 5) is 14.0. The van der Waals surface area contributed by atoms with Crippen molar-refractivity contribution in [2.75, 3.05) is 13.7 Å². The van der Waals surface area contributed by atoms with Gasteiger partial charge in [-0.3, -0.25) is 9.69 Å². The lowest BCUT2D eigenvalue weighted by atomic mass is 10.0. The first-order valence-corrected chi connectivity index (χ1v) is 8.45. The van der Waals surface area contributed by atoms with Crippen LogP contribution in [0.2, 0.25) is 0 Å². The van der Waals surface area contributed by atoms with E-state index in [1.165, 1.54) is 24.8 Å². The van der Waals surface area contributed by atoms with Crippen molar-refractivity contribution in [2.45, 2.75) is 51.6 Å². The molecule has 3 nitrogen and oxygen atoms in total. The highest BCUT2D eigenvalue weighted by Crippen LogP contribution is 2.27. The van der Waals surface area contributed by atoms with E-state index in [4.69, 9.17) is 4.74 Å². The molecule has 0 bridgehead atoms.